The summed E-state index contributed by atoms with van der Waals surface area (Å²) in [5, 5.41) is 2.93. The molecule has 0 atom stereocenters. The molecule has 1 aliphatic rings. The first-order valence-electron chi connectivity index (χ1n) is 6.41. The smallest absolute Gasteiger partial charge is 0.255 e. The lowest BCUT2D eigenvalue weighted by atomic mass is 10.1. The molecule has 1 saturated carbocycles. The van der Waals surface area contributed by atoms with Crippen molar-refractivity contribution >= 4 is 11.6 Å². The Hall–Kier alpha value is -1.58. The first-order chi connectivity index (χ1) is 8.63. The molecule has 4 heteroatoms. The second-order valence-corrected chi connectivity index (χ2v) is 4.82. The molecule has 98 valence electrons. The maximum Gasteiger partial charge on any atom is 0.255 e. The highest BCUT2D eigenvalue weighted by atomic mass is 19.1. The Kier molecular flexibility index (Phi) is 3.84. The van der Waals surface area contributed by atoms with Crippen molar-refractivity contribution in [1.82, 2.24) is 4.90 Å². The van der Waals surface area contributed by atoms with Gasteiger partial charge in [-0.3, -0.25) is 4.79 Å². The van der Waals surface area contributed by atoms with Gasteiger partial charge in [-0.15, -0.1) is 0 Å². The van der Waals surface area contributed by atoms with E-state index >= 15 is 0 Å². The van der Waals surface area contributed by atoms with Crippen molar-refractivity contribution < 1.29 is 9.18 Å². The second-order valence-electron chi connectivity index (χ2n) is 4.82. The summed E-state index contributed by atoms with van der Waals surface area (Å²) in [7, 11) is 1.78. The summed E-state index contributed by atoms with van der Waals surface area (Å²) in [4.78, 5) is 14.0. The van der Waals surface area contributed by atoms with Gasteiger partial charge in [0.15, 0.2) is 0 Å². The minimum Gasteiger partial charge on any atom is -0.382 e. The van der Waals surface area contributed by atoms with E-state index in [0.29, 0.717) is 23.7 Å². The van der Waals surface area contributed by atoms with Crippen LogP contribution in [0.1, 0.15) is 30.1 Å². The zero-order chi connectivity index (χ0) is 13.1. The normalized spacial score (nSPS) is 14.4. The molecular formula is C14H19FN2O. The van der Waals surface area contributed by atoms with Crippen LogP contribution in [0.15, 0.2) is 18.2 Å². The van der Waals surface area contributed by atoms with Gasteiger partial charge >= 0.3 is 0 Å². The summed E-state index contributed by atoms with van der Waals surface area (Å²) in [6, 6.07) is 4.62. The third kappa shape index (κ3) is 2.81. The van der Waals surface area contributed by atoms with E-state index in [0.717, 1.165) is 6.54 Å². The van der Waals surface area contributed by atoms with Crippen LogP contribution >= 0.6 is 0 Å². The van der Waals surface area contributed by atoms with E-state index in [2.05, 4.69) is 5.32 Å². The third-order valence-electron chi connectivity index (χ3n) is 3.17. The van der Waals surface area contributed by atoms with Gasteiger partial charge in [0.1, 0.15) is 5.82 Å². The molecule has 0 aromatic heterocycles. The second kappa shape index (κ2) is 5.38. The summed E-state index contributed by atoms with van der Waals surface area (Å²) >= 11 is 0. The maximum atomic E-state index is 13.7. The van der Waals surface area contributed by atoms with Gasteiger partial charge in [-0.2, -0.15) is 0 Å². The standard InChI is InChI=1S/C14H19FN2O/c1-3-16-13-11(5-4-6-12(13)15)14(18)17(2)9-10-7-8-10/h4-6,10,16H,3,7-9H2,1-2H3. The van der Waals surface area contributed by atoms with Crippen molar-refractivity contribution in [3.63, 3.8) is 0 Å². The molecule has 3 nitrogen and oxygen atoms in total. The van der Waals surface area contributed by atoms with Crippen LogP contribution in [-0.4, -0.2) is 30.9 Å². The molecule has 0 saturated heterocycles. The highest BCUT2D eigenvalue weighted by Gasteiger charge is 2.26. The highest BCUT2D eigenvalue weighted by molar-refractivity contribution is 5.99. The van der Waals surface area contributed by atoms with E-state index in [1.807, 2.05) is 6.92 Å². The first kappa shape index (κ1) is 12.9. The summed E-state index contributed by atoms with van der Waals surface area (Å²) in [5.74, 6) is 0.148. The van der Waals surface area contributed by atoms with Crippen LogP contribution < -0.4 is 5.32 Å². The number of nitrogens with one attached hydrogen (secondary N) is 1. The lowest BCUT2D eigenvalue weighted by molar-refractivity contribution is 0.0789. The molecule has 1 aliphatic carbocycles. The molecule has 2 rings (SSSR count). The Morgan fingerprint density at radius 1 is 1.50 bits per heavy atom. The van der Waals surface area contributed by atoms with Crippen molar-refractivity contribution in [3.05, 3.63) is 29.6 Å². The minimum absolute atomic E-state index is 0.114. The van der Waals surface area contributed by atoms with Gasteiger partial charge in [0.2, 0.25) is 0 Å². The first-order valence-corrected chi connectivity index (χ1v) is 6.41. The van der Waals surface area contributed by atoms with Crippen molar-refractivity contribution in [2.75, 3.05) is 25.5 Å². The predicted octanol–water partition coefficient (Wildman–Crippen LogP) is 2.74. The maximum absolute atomic E-state index is 13.7. The van der Waals surface area contributed by atoms with E-state index in [1.165, 1.54) is 18.9 Å². The topological polar surface area (TPSA) is 32.3 Å². The Labute approximate surface area is 107 Å². The molecule has 1 N–H and O–H groups in total. The molecule has 18 heavy (non-hydrogen) atoms. The molecule has 0 heterocycles. The van der Waals surface area contributed by atoms with Crippen LogP contribution in [0, 0.1) is 11.7 Å². The fraction of sp³-hybridized carbons (Fsp3) is 0.500. The number of carbonyl (C=O) groups is 1. The molecule has 0 aliphatic heterocycles. The van der Waals surface area contributed by atoms with Gasteiger partial charge < -0.3 is 10.2 Å². The number of amides is 1. The molecule has 0 spiro atoms. The van der Waals surface area contributed by atoms with Gasteiger partial charge in [-0.05, 0) is 37.8 Å². The summed E-state index contributed by atoms with van der Waals surface area (Å²) in [6.07, 6.45) is 2.39. The molecule has 0 unspecified atom stereocenters. The average molecular weight is 250 g/mol. The number of para-hydroxylation sites is 1. The summed E-state index contributed by atoms with van der Waals surface area (Å²) in [6.45, 7) is 3.24. The fourth-order valence-corrected chi connectivity index (χ4v) is 2.04. The lowest BCUT2D eigenvalue weighted by Gasteiger charge is -2.19. The summed E-state index contributed by atoms with van der Waals surface area (Å²) in [5.41, 5.74) is 0.729. The van der Waals surface area contributed by atoms with E-state index < -0.39 is 0 Å². The molecular weight excluding hydrogens is 231 g/mol. The number of hydrogen-bond donors (Lipinski definition) is 1. The molecule has 1 aromatic carbocycles. The van der Waals surface area contributed by atoms with Crippen molar-refractivity contribution in [3.8, 4) is 0 Å². The number of halogens is 1. The number of rotatable bonds is 5. The molecule has 0 radical (unpaired) electrons. The summed E-state index contributed by atoms with van der Waals surface area (Å²) < 4.78 is 13.7. The molecule has 1 fully saturated rings. The third-order valence-corrected chi connectivity index (χ3v) is 3.17. The lowest BCUT2D eigenvalue weighted by Crippen LogP contribution is -2.29. The average Bonchev–Trinajstić information content (AvgIpc) is 3.15. The van der Waals surface area contributed by atoms with Crippen molar-refractivity contribution in [1.29, 1.82) is 0 Å². The SMILES string of the molecule is CCNc1c(F)cccc1C(=O)N(C)CC1CC1. The van der Waals surface area contributed by atoms with Gasteiger partial charge in [0, 0.05) is 20.1 Å². The van der Waals surface area contributed by atoms with Crippen LogP contribution in [-0.2, 0) is 0 Å². The number of carbonyl (C=O) groups excluding carboxylic acids is 1. The monoisotopic (exact) mass is 250 g/mol. The number of anilines is 1. The Morgan fingerprint density at radius 2 is 2.22 bits per heavy atom. The fourth-order valence-electron chi connectivity index (χ4n) is 2.04. The molecule has 1 aromatic rings. The Bertz CT molecular complexity index is 443. The van der Waals surface area contributed by atoms with E-state index in [4.69, 9.17) is 0 Å². The number of nitrogens with zero attached hydrogens (tertiary/aromatic N) is 1. The van der Waals surface area contributed by atoms with Crippen LogP contribution in [0.4, 0.5) is 10.1 Å². The Balaban J connectivity index is 2.19. The van der Waals surface area contributed by atoms with E-state index in [9.17, 15) is 9.18 Å². The van der Waals surface area contributed by atoms with Gasteiger partial charge in [-0.1, -0.05) is 6.07 Å². The van der Waals surface area contributed by atoms with Gasteiger partial charge in [-0.25, -0.2) is 4.39 Å². The van der Waals surface area contributed by atoms with Crippen LogP contribution in [0.3, 0.4) is 0 Å². The molecule has 1 amide bonds. The quantitative estimate of drug-likeness (QED) is 0.871. The van der Waals surface area contributed by atoms with Gasteiger partial charge in [0.05, 0.1) is 11.3 Å². The Morgan fingerprint density at radius 3 is 2.83 bits per heavy atom. The zero-order valence-corrected chi connectivity index (χ0v) is 10.9. The van der Waals surface area contributed by atoms with Crippen molar-refractivity contribution in [2.24, 2.45) is 5.92 Å². The number of hydrogen-bond acceptors (Lipinski definition) is 2. The van der Waals surface area contributed by atoms with E-state index in [1.54, 1.807) is 24.1 Å². The van der Waals surface area contributed by atoms with Crippen molar-refractivity contribution in [2.45, 2.75) is 19.8 Å². The van der Waals surface area contributed by atoms with E-state index in [-0.39, 0.29) is 11.7 Å². The highest BCUT2D eigenvalue weighted by Crippen LogP contribution is 2.30. The van der Waals surface area contributed by atoms with Crippen LogP contribution in [0.5, 0.6) is 0 Å². The van der Waals surface area contributed by atoms with Crippen LogP contribution in [0.2, 0.25) is 0 Å². The molecule has 0 bridgehead atoms. The zero-order valence-electron chi connectivity index (χ0n) is 10.9. The predicted molar refractivity (Wildman–Crippen MR) is 70.2 cm³/mol. The minimum atomic E-state index is -0.373. The largest absolute Gasteiger partial charge is 0.382 e. The van der Waals surface area contributed by atoms with Gasteiger partial charge in [0.25, 0.3) is 5.91 Å². The number of benzene rings is 1. The van der Waals surface area contributed by atoms with Crippen LogP contribution in [0.25, 0.3) is 0 Å².